The first-order chi connectivity index (χ1) is 9.84. The van der Waals surface area contributed by atoms with E-state index in [4.69, 9.17) is 9.84 Å². The highest BCUT2D eigenvalue weighted by molar-refractivity contribution is 9.10. The van der Waals surface area contributed by atoms with Gasteiger partial charge in [0, 0.05) is 16.1 Å². The maximum Gasteiger partial charge on any atom is 0.328 e. The molecule has 0 aromatic heterocycles. The number of carbonyl (C=O) groups is 1. The molecule has 0 saturated heterocycles. The number of sulfone groups is 1. The predicted octanol–water partition coefficient (Wildman–Crippen LogP) is 2.75. The summed E-state index contributed by atoms with van der Waals surface area (Å²) in [4.78, 5) is 10.6. The van der Waals surface area contributed by atoms with Crippen LogP contribution in [0.3, 0.4) is 0 Å². The number of ether oxygens (including phenoxy) is 1. The minimum absolute atomic E-state index is 0.0396. The lowest BCUT2D eigenvalue weighted by Crippen LogP contribution is -2.17. The van der Waals surface area contributed by atoms with Gasteiger partial charge in [0.1, 0.15) is 12.4 Å². The van der Waals surface area contributed by atoms with Gasteiger partial charge in [0.25, 0.3) is 0 Å². The van der Waals surface area contributed by atoms with Crippen molar-refractivity contribution < 1.29 is 23.1 Å². The number of benzene rings is 1. The molecule has 5 nitrogen and oxygen atoms in total. The molecule has 0 radical (unpaired) electrons. The summed E-state index contributed by atoms with van der Waals surface area (Å²) in [5.74, 6) is -0.532. The Labute approximate surface area is 132 Å². The highest BCUT2D eigenvalue weighted by Gasteiger charge is 2.10. The van der Waals surface area contributed by atoms with E-state index in [2.05, 4.69) is 15.9 Å². The number of halogens is 1. The van der Waals surface area contributed by atoms with E-state index >= 15 is 0 Å². The van der Waals surface area contributed by atoms with Crippen molar-refractivity contribution >= 4 is 37.8 Å². The van der Waals surface area contributed by atoms with E-state index in [0.29, 0.717) is 17.7 Å². The largest absolute Gasteiger partial charge is 0.492 e. The number of carboxylic acids is 1. The highest BCUT2D eigenvalue weighted by Crippen LogP contribution is 2.24. The number of carboxylic acid groups (broad SMARTS) is 1. The van der Waals surface area contributed by atoms with Gasteiger partial charge in [-0.25, -0.2) is 13.2 Å². The molecule has 1 N–H and O–H groups in total. The smallest absolute Gasteiger partial charge is 0.328 e. The molecule has 0 fully saturated rings. The molecule has 0 aliphatic carbocycles. The first kappa shape index (κ1) is 17.7. The Morgan fingerprint density at radius 3 is 2.71 bits per heavy atom. The second kappa shape index (κ2) is 8.19. The van der Waals surface area contributed by atoms with Gasteiger partial charge in [0.05, 0.1) is 11.5 Å². The summed E-state index contributed by atoms with van der Waals surface area (Å²) in [5.41, 5.74) is 0.569. The molecule has 116 valence electrons. The molecular formula is C14H17BrO5S. The molecule has 7 heteroatoms. The van der Waals surface area contributed by atoms with Crippen molar-refractivity contribution in [1.82, 2.24) is 0 Å². The summed E-state index contributed by atoms with van der Waals surface area (Å²) in [7, 11) is -3.09. The first-order valence-electron chi connectivity index (χ1n) is 6.38. The van der Waals surface area contributed by atoms with Crippen LogP contribution >= 0.6 is 15.9 Å². The van der Waals surface area contributed by atoms with E-state index < -0.39 is 15.8 Å². The second-order valence-corrected chi connectivity index (χ2v) is 7.57. The van der Waals surface area contributed by atoms with Crippen molar-refractivity contribution in [3.05, 3.63) is 34.3 Å². The summed E-state index contributed by atoms with van der Waals surface area (Å²) >= 11 is 3.29. The van der Waals surface area contributed by atoms with Crippen LogP contribution in [0.4, 0.5) is 0 Å². The van der Waals surface area contributed by atoms with Gasteiger partial charge in [-0.3, -0.25) is 0 Å². The van der Waals surface area contributed by atoms with Crippen LogP contribution in [0.25, 0.3) is 6.08 Å². The molecule has 21 heavy (non-hydrogen) atoms. The van der Waals surface area contributed by atoms with E-state index in [-0.39, 0.29) is 18.1 Å². The Kier molecular flexibility index (Phi) is 6.91. The topological polar surface area (TPSA) is 80.7 Å². The van der Waals surface area contributed by atoms with Crippen LogP contribution < -0.4 is 4.74 Å². The molecule has 0 heterocycles. The number of hydrogen-bond donors (Lipinski definition) is 1. The maximum absolute atomic E-state index is 11.6. The standard InChI is InChI=1S/C14H17BrO5S/c1-2-8-21(18,19)9-7-20-13-5-4-12(15)10-11(13)3-6-14(16)17/h3-6,10H,2,7-9H2,1H3,(H,16,17)/b6-3+. The van der Waals surface area contributed by atoms with Crippen molar-refractivity contribution in [2.45, 2.75) is 13.3 Å². The summed E-state index contributed by atoms with van der Waals surface area (Å²) in [6.45, 7) is 1.85. The third-order valence-electron chi connectivity index (χ3n) is 2.54. The van der Waals surface area contributed by atoms with Crippen LogP contribution in [0.5, 0.6) is 5.75 Å². The number of hydrogen-bond acceptors (Lipinski definition) is 4. The molecule has 1 rings (SSSR count). The molecule has 0 saturated carbocycles. The average Bonchev–Trinajstić information content (AvgIpc) is 2.38. The minimum Gasteiger partial charge on any atom is -0.492 e. The molecule has 0 amide bonds. The van der Waals surface area contributed by atoms with Gasteiger partial charge in [-0.1, -0.05) is 22.9 Å². The van der Waals surface area contributed by atoms with Gasteiger partial charge < -0.3 is 9.84 Å². The summed E-state index contributed by atoms with van der Waals surface area (Å²) < 4.78 is 29.4. The second-order valence-electron chi connectivity index (χ2n) is 4.35. The number of aliphatic carboxylic acids is 1. The molecule has 0 aliphatic heterocycles. The lowest BCUT2D eigenvalue weighted by Gasteiger charge is -2.10. The van der Waals surface area contributed by atoms with Crippen molar-refractivity contribution in [3.63, 3.8) is 0 Å². The average molecular weight is 377 g/mol. The zero-order valence-corrected chi connectivity index (χ0v) is 14.0. The summed E-state index contributed by atoms with van der Waals surface area (Å²) in [6.07, 6.45) is 2.98. The minimum atomic E-state index is -3.09. The fourth-order valence-electron chi connectivity index (χ4n) is 1.63. The SMILES string of the molecule is CCCS(=O)(=O)CCOc1ccc(Br)cc1/C=C/C(=O)O. The normalized spacial score (nSPS) is 11.7. The van der Waals surface area contributed by atoms with Crippen molar-refractivity contribution in [3.8, 4) is 5.75 Å². The molecule has 0 unspecified atom stereocenters. The van der Waals surface area contributed by atoms with Crippen molar-refractivity contribution in [2.75, 3.05) is 18.1 Å². The lowest BCUT2D eigenvalue weighted by atomic mass is 10.2. The van der Waals surface area contributed by atoms with E-state index in [9.17, 15) is 13.2 Å². The van der Waals surface area contributed by atoms with E-state index in [1.165, 1.54) is 6.08 Å². The lowest BCUT2D eigenvalue weighted by molar-refractivity contribution is -0.131. The van der Waals surface area contributed by atoms with E-state index in [1.54, 1.807) is 18.2 Å². The molecular weight excluding hydrogens is 360 g/mol. The molecule has 0 bridgehead atoms. The van der Waals surface area contributed by atoms with Gasteiger partial charge in [-0.05, 0) is 30.7 Å². The Bertz CT molecular complexity index is 622. The quantitative estimate of drug-likeness (QED) is 0.705. The predicted molar refractivity (Wildman–Crippen MR) is 85.3 cm³/mol. The molecule has 1 aromatic rings. The Morgan fingerprint density at radius 1 is 1.38 bits per heavy atom. The molecule has 0 aliphatic rings. The molecule has 0 spiro atoms. The van der Waals surface area contributed by atoms with Crippen LogP contribution in [0, 0.1) is 0 Å². The third-order valence-corrected chi connectivity index (χ3v) is 4.86. The Hall–Kier alpha value is -1.34. The third kappa shape index (κ3) is 6.77. The van der Waals surface area contributed by atoms with E-state index in [0.717, 1.165) is 10.5 Å². The Morgan fingerprint density at radius 2 is 2.10 bits per heavy atom. The van der Waals surface area contributed by atoms with Crippen LogP contribution in [-0.4, -0.2) is 37.6 Å². The van der Waals surface area contributed by atoms with E-state index in [1.807, 2.05) is 6.92 Å². The summed E-state index contributed by atoms with van der Waals surface area (Å²) in [5, 5.41) is 8.66. The van der Waals surface area contributed by atoms with Crippen LogP contribution in [-0.2, 0) is 14.6 Å². The Balaban J connectivity index is 2.77. The van der Waals surface area contributed by atoms with Crippen LogP contribution in [0.15, 0.2) is 28.7 Å². The van der Waals surface area contributed by atoms with Gasteiger partial charge in [0.15, 0.2) is 9.84 Å². The zero-order valence-electron chi connectivity index (χ0n) is 11.6. The van der Waals surface area contributed by atoms with Crippen LogP contribution in [0.1, 0.15) is 18.9 Å². The number of rotatable bonds is 8. The monoisotopic (exact) mass is 376 g/mol. The van der Waals surface area contributed by atoms with Gasteiger partial charge >= 0.3 is 5.97 Å². The van der Waals surface area contributed by atoms with Gasteiger partial charge in [-0.15, -0.1) is 0 Å². The fourth-order valence-corrected chi connectivity index (χ4v) is 3.18. The fraction of sp³-hybridized carbons (Fsp3) is 0.357. The summed E-state index contributed by atoms with van der Waals surface area (Å²) in [6, 6.07) is 5.11. The zero-order chi connectivity index (χ0) is 15.9. The maximum atomic E-state index is 11.6. The van der Waals surface area contributed by atoms with Gasteiger partial charge in [-0.2, -0.15) is 0 Å². The molecule has 0 atom stereocenters. The van der Waals surface area contributed by atoms with Gasteiger partial charge in [0.2, 0.25) is 0 Å². The van der Waals surface area contributed by atoms with Crippen molar-refractivity contribution in [1.29, 1.82) is 0 Å². The van der Waals surface area contributed by atoms with Crippen LogP contribution in [0.2, 0.25) is 0 Å². The van der Waals surface area contributed by atoms with Crippen molar-refractivity contribution in [2.24, 2.45) is 0 Å². The highest BCUT2D eigenvalue weighted by atomic mass is 79.9. The first-order valence-corrected chi connectivity index (χ1v) is 8.99. The molecule has 1 aromatic carbocycles.